The Morgan fingerprint density at radius 1 is 1.18 bits per heavy atom. The molecule has 1 rings (SSSR count). The fourth-order valence-corrected chi connectivity index (χ4v) is 1.06. The molecule has 9 heteroatoms. The molecule has 0 fully saturated rings. The summed E-state index contributed by atoms with van der Waals surface area (Å²) in [4.78, 5) is 0. The molecule has 0 aliphatic carbocycles. The van der Waals surface area contributed by atoms with Crippen LogP contribution in [0, 0.1) is 5.82 Å². The Morgan fingerprint density at radius 3 is 2.24 bits per heavy atom. The molecule has 1 aromatic carbocycles. The smallest absolute Gasteiger partial charge is 0.491 e. The summed E-state index contributed by atoms with van der Waals surface area (Å²) < 4.78 is 77.5. The van der Waals surface area contributed by atoms with Crippen LogP contribution in [0.4, 0.5) is 26.1 Å². The van der Waals surface area contributed by atoms with E-state index < -0.39 is 37.0 Å². The largest absolute Gasteiger partial charge is 1.00 e. The van der Waals surface area contributed by atoms with Gasteiger partial charge in [-0.2, -0.15) is 0 Å². The van der Waals surface area contributed by atoms with E-state index in [0.29, 0.717) is 12.1 Å². The van der Waals surface area contributed by atoms with Gasteiger partial charge >= 0.3 is 58.4 Å². The van der Waals surface area contributed by atoms with Crippen molar-refractivity contribution in [1.82, 2.24) is 0 Å². The van der Waals surface area contributed by atoms with Gasteiger partial charge in [-0.25, -0.2) is 13.2 Å². The van der Waals surface area contributed by atoms with E-state index in [1.54, 1.807) is 0 Å². The van der Waals surface area contributed by atoms with Crippen LogP contribution < -0.4 is 61.6 Å². The minimum Gasteiger partial charge on any atom is -0.491 e. The van der Waals surface area contributed by atoms with Gasteiger partial charge in [-0.05, 0) is 18.2 Å². The molecule has 0 aliphatic rings. The number of alkyl halides is 2. The Kier molecular flexibility index (Phi) is 7.15. The topological polar surface area (TPSA) is 9.23 Å². The van der Waals surface area contributed by atoms with Crippen LogP contribution in [0.5, 0.6) is 5.75 Å². The van der Waals surface area contributed by atoms with Crippen molar-refractivity contribution < 1.29 is 82.2 Å². The maximum absolute atomic E-state index is 12.6. The molecular weight excluding hydrogens is 276 g/mol. The molecule has 0 atom stereocenters. The minimum atomic E-state index is -5.50. The quantitative estimate of drug-likeness (QED) is 0.536. The second-order valence-corrected chi connectivity index (χ2v) is 2.96. The number of hydrogen-bond acceptors (Lipinski definition) is 1. The number of halogens is 6. The van der Waals surface area contributed by atoms with Gasteiger partial charge in [0.1, 0.15) is 12.4 Å². The third-order valence-electron chi connectivity index (χ3n) is 1.69. The second-order valence-electron chi connectivity index (χ2n) is 2.96. The maximum Gasteiger partial charge on any atom is 1.00 e. The molecule has 0 radical (unpaired) electrons. The summed E-state index contributed by atoms with van der Waals surface area (Å²) in [6.07, 6.45) is -2.89. The first-order valence-electron chi connectivity index (χ1n) is 4.21. The van der Waals surface area contributed by atoms with Crippen molar-refractivity contribution in [1.29, 1.82) is 0 Å². The van der Waals surface area contributed by atoms with E-state index in [0.717, 1.165) is 0 Å². The van der Waals surface area contributed by atoms with Crippen molar-refractivity contribution in [2.24, 2.45) is 0 Å². The van der Waals surface area contributed by atoms with Gasteiger partial charge in [0.05, 0.1) is 5.75 Å². The van der Waals surface area contributed by atoms with Crippen molar-refractivity contribution >= 4 is 12.4 Å². The third kappa shape index (κ3) is 5.65. The zero-order chi connectivity index (χ0) is 12.3. The van der Waals surface area contributed by atoms with Crippen molar-refractivity contribution in [3.05, 3.63) is 24.0 Å². The number of benzene rings is 1. The molecule has 1 nitrogen and oxygen atoms in total. The molecule has 1 aromatic rings. The van der Waals surface area contributed by atoms with E-state index >= 15 is 0 Å². The van der Waals surface area contributed by atoms with Gasteiger partial charge in [-0.15, -0.1) is 0 Å². The summed E-state index contributed by atoms with van der Waals surface area (Å²) in [6, 6.07) is 1.62. The third-order valence-corrected chi connectivity index (χ3v) is 1.69. The Balaban J connectivity index is 0.00000256. The zero-order valence-electron chi connectivity index (χ0n) is 8.77. The Hall–Kier alpha value is 0.301. The van der Waals surface area contributed by atoms with Crippen molar-refractivity contribution in [2.75, 3.05) is 6.61 Å². The Bertz CT molecular complexity index is 370. The summed E-state index contributed by atoms with van der Waals surface area (Å²) in [5, 5.41) is 0. The van der Waals surface area contributed by atoms with Crippen LogP contribution in [0.15, 0.2) is 18.2 Å². The molecule has 0 aromatic heterocycles. The average molecular weight is 282 g/mol. The van der Waals surface area contributed by atoms with Gasteiger partial charge < -0.3 is 17.7 Å². The van der Waals surface area contributed by atoms with Gasteiger partial charge in [0.2, 0.25) is 0 Å². The van der Waals surface area contributed by atoms with Crippen LogP contribution in [0.3, 0.4) is 0 Å². The summed E-state index contributed by atoms with van der Waals surface area (Å²) in [5.41, 5.74) is -1.35. The molecular formula is C8H6BF6KO. The number of ether oxygens (including phenoxy) is 1. The number of hydrogen-bond donors (Lipinski definition) is 0. The zero-order valence-corrected chi connectivity index (χ0v) is 11.9. The summed E-state index contributed by atoms with van der Waals surface area (Å²) in [6.45, 7) is -6.66. The minimum absolute atomic E-state index is 0. The monoisotopic (exact) mass is 282 g/mol. The first-order valence-corrected chi connectivity index (χ1v) is 4.21. The molecule has 0 saturated carbocycles. The van der Waals surface area contributed by atoms with E-state index in [4.69, 9.17) is 0 Å². The van der Waals surface area contributed by atoms with E-state index in [-0.39, 0.29) is 57.5 Å². The van der Waals surface area contributed by atoms with Gasteiger partial charge in [0, 0.05) is 0 Å². The molecule has 0 amide bonds. The molecule has 0 saturated heterocycles. The van der Waals surface area contributed by atoms with Crippen LogP contribution in [-0.4, -0.2) is 20.0 Å². The Morgan fingerprint density at radius 2 is 1.76 bits per heavy atom. The predicted octanol–water partition coefficient (Wildman–Crippen LogP) is -0.472. The van der Waals surface area contributed by atoms with Crippen molar-refractivity contribution in [3.63, 3.8) is 0 Å². The normalized spacial score (nSPS) is 11.2. The first-order chi connectivity index (χ1) is 7.30. The maximum atomic E-state index is 12.6. The summed E-state index contributed by atoms with van der Waals surface area (Å²) >= 11 is 0. The van der Waals surface area contributed by atoms with E-state index in [1.807, 2.05) is 0 Å². The van der Waals surface area contributed by atoms with E-state index in [9.17, 15) is 26.1 Å². The van der Waals surface area contributed by atoms with E-state index in [1.165, 1.54) is 0 Å². The Labute approximate surface area is 136 Å². The molecule has 17 heavy (non-hydrogen) atoms. The summed E-state index contributed by atoms with van der Waals surface area (Å²) in [7, 11) is 0. The molecule has 0 aliphatic heterocycles. The first kappa shape index (κ1) is 17.3. The predicted molar refractivity (Wildman–Crippen MR) is 46.6 cm³/mol. The SMILES string of the molecule is Fc1ccc(OCC(F)F)c([B-](F)(F)F)c1.[K+]. The molecule has 0 bridgehead atoms. The fraction of sp³-hybridized carbons (Fsp3) is 0.250. The molecule has 0 heterocycles. The van der Waals surface area contributed by atoms with Crippen LogP contribution in [0.2, 0.25) is 0 Å². The standard InChI is InChI=1S/C8H6BF6O.K/c10-5-1-2-7(16-4-8(11)12)6(3-5)9(13,14)15;/h1-3,8H,4H2;/q-1;+1. The van der Waals surface area contributed by atoms with Gasteiger partial charge in [0.25, 0.3) is 6.43 Å². The molecule has 90 valence electrons. The fourth-order valence-electron chi connectivity index (χ4n) is 1.06. The number of rotatable bonds is 4. The van der Waals surface area contributed by atoms with Crippen molar-refractivity contribution in [3.8, 4) is 5.75 Å². The van der Waals surface area contributed by atoms with Gasteiger partial charge in [-0.3, -0.25) is 0 Å². The molecule has 0 N–H and O–H groups in total. The van der Waals surface area contributed by atoms with Gasteiger partial charge in [0.15, 0.2) is 0 Å². The van der Waals surface area contributed by atoms with Crippen LogP contribution in [-0.2, 0) is 0 Å². The molecule has 0 spiro atoms. The molecule has 0 unspecified atom stereocenters. The second kappa shape index (κ2) is 7.03. The van der Waals surface area contributed by atoms with E-state index in [2.05, 4.69) is 4.74 Å². The van der Waals surface area contributed by atoms with Crippen LogP contribution in [0.25, 0.3) is 0 Å². The van der Waals surface area contributed by atoms with Crippen LogP contribution >= 0.6 is 0 Å². The van der Waals surface area contributed by atoms with Crippen LogP contribution in [0.1, 0.15) is 0 Å². The average Bonchev–Trinajstić information content (AvgIpc) is 2.14. The summed E-state index contributed by atoms with van der Waals surface area (Å²) in [5.74, 6) is -1.88. The van der Waals surface area contributed by atoms with Crippen molar-refractivity contribution in [2.45, 2.75) is 6.43 Å². The van der Waals surface area contributed by atoms with Gasteiger partial charge in [-0.1, -0.05) is 5.46 Å².